The van der Waals surface area contributed by atoms with Crippen molar-refractivity contribution in [1.82, 2.24) is 0 Å². The van der Waals surface area contributed by atoms with Crippen LogP contribution < -0.4 is 5.32 Å². The zero-order chi connectivity index (χ0) is 21.1. The molecule has 1 amide bonds. The maximum atomic E-state index is 12.6. The Hall–Kier alpha value is -3.00. The van der Waals surface area contributed by atoms with Crippen LogP contribution in [0.15, 0.2) is 52.5 Å². The molecule has 146 valence electrons. The number of hydrogen-bond acceptors (Lipinski definition) is 3. The van der Waals surface area contributed by atoms with Crippen molar-refractivity contribution in [1.29, 1.82) is 5.26 Å². The number of nitriles is 1. The van der Waals surface area contributed by atoms with Crippen molar-refractivity contribution in [3.05, 3.63) is 80.5 Å². The van der Waals surface area contributed by atoms with Crippen LogP contribution in [0.4, 0.5) is 5.69 Å². The van der Waals surface area contributed by atoms with Crippen molar-refractivity contribution in [2.45, 2.75) is 20.8 Å². The summed E-state index contributed by atoms with van der Waals surface area (Å²) in [5.41, 5.74) is 4.24. The number of aryl methyl sites for hydroxylation is 3. The molecule has 6 heteroatoms. The minimum atomic E-state index is -0.499. The molecule has 1 N–H and O–H groups in total. The van der Waals surface area contributed by atoms with Crippen LogP contribution in [-0.2, 0) is 4.79 Å². The van der Waals surface area contributed by atoms with E-state index in [0.29, 0.717) is 32.8 Å². The van der Waals surface area contributed by atoms with Crippen molar-refractivity contribution >= 4 is 40.9 Å². The third-order valence-electron chi connectivity index (χ3n) is 4.39. The number of nitrogens with zero attached hydrogens (tertiary/aromatic N) is 1. The fourth-order valence-electron chi connectivity index (χ4n) is 3.11. The summed E-state index contributed by atoms with van der Waals surface area (Å²) in [6.45, 7) is 5.82. The van der Waals surface area contributed by atoms with Crippen molar-refractivity contribution in [3.63, 3.8) is 0 Å². The number of amides is 1. The summed E-state index contributed by atoms with van der Waals surface area (Å²) in [6, 6.07) is 14.3. The molecule has 3 aromatic rings. The van der Waals surface area contributed by atoms with Gasteiger partial charge in [0.25, 0.3) is 5.91 Å². The number of halogens is 2. The van der Waals surface area contributed by atoms with E-state index in [-0.39, 0.29) is 5.57 Å². The fourth-order valence-corrected chi connectivity index (χ4v) is 3.49. The quantitative estimate of drug-likeness (QED) is 0.373. The maximum Gasteiger partial charge on any atom is 0.266 e. The van der Waals surface area contributed by atoms with Gasteiger partial charge in [-0.2, -0.15) is 5.26 Å². The Morgan fingerprint density at radius 2 is 1.76 bits per heavy atom. The van der Waals surface area contributed by atoms with Crippen LogP contribution in [0.5, 0.6) is 0 Å². The first-order valence-corrected chi connectivity index (χ1v) is 9.60. The molecule has 0 aliphatic rings. The predicted octanol–water partition coefficient (Wildman–Crippen LogP) is 6.72. The molecule has 0 saturated carbocycles. The number of furan rings is 1. The molecule has 1 heterocycles. The Labute approximate surface area is 179 Å². The Morgan fingerprint density at radius 1 is 1.07 bits per heavy atom. The number of rotatable bonds is 4. The van der Waals surface area contributed by atoms with Crippen LogP contribution in [0.2, 0.25) is 10.0 Å². The molecule has 0 unspecified atom stereocenters. The van der Waals surface area contributed by atoms with E-state index in [0.717, 1.165) is 16.7 Å². The zero-order valence-electron chi connectivity index (χ0n) is 16.1. The van der Waals surface area contributed by atoms with Gasteiger partial charge in [-0.25, -0.2) is 0 Å². The van der Waals surface area contributed by atoms with E-state index >= 15 is 0 Å². The molecule has 29 heavy (non-hydrogen) atoms. The SMILES string of the molecule is Cc1cc(C)c(NC(=O)C(C#N)=Cc2ccc(-c3cc(Cl)ccc3Cl)o2)c(C)c1. The van der Waals surface area contributed by atoms with Gasteiger partial charge in [0.15, 0.2) is 0 Å². The first-order chi connectivity index (χ1) is 13.8. The van der Waals surface area contributed by atoms with Crippen molar-refractivity contribution < 1.29 is 9.21 Å². The standard InChI is InChI=1S/C23H18Cl2N2O2/c1-13-8-14(2)22(15(3)9-13)27-23(28)16(12-26)10-18-5-7-21(29-18)19-11-17(24)4-6-20(19)25/h4-11H,1-3H3,(H,27,28). The molecule has 0 atom stereocenters. The minimum Gasteiger partial charge on any atom is -0.457 e. The Bertz CT molecular complexity index is 1150. The number of carbonyl (C=O) groups is 1. The summed E-state index contributed by atoms with van der Waals surface area (Å²) in [7, 11) is 0. The fraction of sp³-hybridized carbons (Fsp3) is 0.130. The normalized spacial score (nSPS) is 11.2. The first-order valence-electron chi connectivity index (χ1n) is 8.84. The lowest BCUT2D eigenvalue weighted by atomic mass is 10.0. The lowest BCUT2D eigenvalue weighted by Gasteiger charge is -2.12. The molecule has 2 aromatic carbocycles. The molecule has 0 fully saturated rings. The molecule has 0 spiro atoms. The van der Waals surface area contributed by atoms with E-state index in [4.69, 9.17) is 27.6 Å². The topological polar surface area (TPSA) is 66.0 Å². The summed E-state index contributed by atoms with van der Waals surface area (Å²) in [4.78, 5) is 12.6. The molecule has 0 aliphatic carbocycles. The van der Waals surface area contributed by atoms with Gasteiger partial charge >= 0.3 is 0 Å². The summed E-state index contributed by atoms with van der Waals surface area (Å²) < 4.78 is 5.75. The van der Waals surface area contributed by atoms with Crippen LogP contribution in [0.3, 0.4) is 0 Å². The first kappa shape index (κ1) is 20.7. The molecule has 0 bridgehead atoms. The molecular formula is C23H18Cl2N2O2. The predicted molar refractivity (Wildman–Crippen MR) is 117 cm³/mol. The van der Waals surface area contributed by atoms with Gasteiger partial charge in [-0.05, 0) is 62.2 Å². The maximum absolute atomic E-state index is 12.6. The van der Waals surface area contributed by atoms with E-state index < -0.39 is 5.91 Å². The second-order valence-corrected chi connectivity index (χ2v) is 7.57. The van der Waals surface area contributed by atoms with Crippen LogP contribution in [0.25, 0.3) is 17.4 Å². The Balaban J connectivity index is 1.87. The highest BCUT2D eigenvalue weighted by molar-refractivity contribution is 6.35. The Morgan fingerprint density at radius 3 is 2.41 bits per heavy atom. The average Bonchev–Trinajstić information content (AvgIpc) is 3.12. The molecule has 0 saturated heterocycles. The smallest absolute Gasteiger partial charge is 0.266 e. The lowest BCUT2D eigenvalue weighted by molar-refractivity contribution is -0.112. The van der Waals surface area contributed by atoms with Crippen molar-refractivity contribution in [2.75, 3.05) is 5.32 Å². The van der Waals surface area contributed by atoms with Crippen molar-refractivity contribution in [2.24, 2.45) is 0 Å². The summed E-state index contributed by atoms with van der Waals surface area (Å²) in [5.74, 6) is 0.355. The van der Waals surface area contributed by atoms with Gasteiger partial charge in [-0.15, -0.1) is 0 Å². The third kappa shape index (κ3) is 4.71. The largest absolute Gasteiger partial charge is 0.457 e. The monoisotopic (exact) mass is 424 g/mol. The highest BCUT2D eigenvalue weighted by Crippen LogP contribution is 2.32. The highest BCUT2D eigenvalue weighted by Gasteiger charge is 2.15. The van der Waals surface area contributed by atoms with Gasteiger partial charge < -0.3 is 9.73 Å². The van der Waals surface area contributed by atoms with Gasteiger partial charge in [-0.3, -0.25) is 4.79 Å². The number of hydrogen-bond donors (Lipinski definition) is 1. The van der Waals surface area contributed by atoms with E-state index in [1.165, 1.54) is 6.08 Å². The molecule has 0 radical (unpaired) electrons. The number of benzene rings is 2. The average molecular weight is 425 g/mol. The van der Waals surface area contributed by atoms with Crippen LogP contribution >= 0.6 is 23.2 Å². The van der Waals surface area contributed by atoms with Gasteiger partial charge in [0.05, 0.1) is 5.02 Å². The van der Waals surface area contributed by atoms with Crippen LogP contribution in [0.1, 0.15) is 22.5 Å². The van der Waals surface area contributed by atoms with Gasteiger partial charge in [0.2, 0.25) is 0 Å². The zero-order valence-corrected chi connectivity index (χ0v) is 17.7. The minimum absolute atomic E-state index is 0.0672. The van der Waals surface area contributed by atoms with Crippen LogP contribution in [-0.4, -0.2) is 5.91 Å². The molecular weight excluding hydrogens is 407 g/mol. The van der Waals surface area contributed by atoms with Crippen molar-refractivity contribution in [3.8, 4) is 17.4 Å². The third-order valence-corrected chi connectivity index (χ3v) is 4.95. The molecule has 3 rings (SSSR count). The summed E-state index contributed by atoms with van der Waals surface area (Å²) in [5, 5.41) is 13.3. The second-order valence-electron chi connectivity index (χ2n) is 6.72. The summed E-state index contributed by atoms with van der Waals surface area (Å²) in [6.07, 6.45) is 1.40. The molecule has 1 aromatic heterocycles. The van der Waals surface area contributed by atoms with Crippen LogP contribution in [0, 0.1) is 32.1 Å². The van der Waals surface area contributed by atoms with Gasteiger partial charge in [-0.1, -0.05) is 40.9 Å². The van der Waals surface area contributed by atoms with E-state index in [1.54, 1.807) is 30.3 Å². The van der Waals surface area contributed by atoms with E-state index in [1.807, 2.05) is 39.0 Å². The lowest BCUT2D eigenvalue weighted by Crippen LogP contribution is -2.15. The second kappa shape index (κ2) is 8.57. The number of carbonyl (C=O) groups excluding carboxylic acids is 1. The van der Waals surface area contributed by atoms with E-state index in [2.05, 4.69) is 5.32 Å². The molecule has 4 nitrogen and oxygen atoms in total. The Kier molecular flexibility index (Phi) is 6.12. The number of nitrogens with one attached hydrogen (secondary N) is 1. The number of anilines is 1. The summed E-state index contributed by atoms with van der Waals surface area (Å²) >= 11 is 12.2. The molecule has 0 aliphatic heterocycles. The van der Waals surface area contributed by atoms with E-state index in [9.17, 15) is 10.1 Å². The van der Waals surface area contributed by atoms with Gasteiger partial charge in [0.1, 0.15) is 23.2 Å². The highest BCUT2D eigenvalue weighted by atomic mass is 35.5. The van der Waals surface area contributed by atoms with Gasteiger partial charge in [0, 0.05) is 22.3 Å².